The molecule has 0 aromatic rings. The number of nitrogens with zero attached hydrogens (tertiary/aromatic N) is 1. The van der Waals surface area contributed by atoms with Gasteiger partial charge in [-0.2, -0.15) is 0 Å². The Morgan fingerprint density at radius 1 is 0.470 bits per heavy atom. The molecule has 0 radical (unpaired) electrons. The van der Waals surface area contributed by atoms with E-state index in [9.17, 15) is 19.5 Å². The molecule has 0 heterocycles. The third-order valence-corrected chi connectivity index (χ3v) is 10.6. The van der Waals surface area contributed by atoms with Crippen molar-refractivity contribution >= 4 is 17.9 Å². The normalized spacial score (nSPS) is 13.7. The van der Waals surface area contributed by atoms with Gasteiger partial charge in [0.2, 0.25) is 0 Å². The zero-order valence-electron chi connectivity index (χ0n) is 42.5. The van der Waals surface area contributed by atoms with Crippen LogP contribution in [-0.4, -0.2) is 82.3 Å². The summed E-state index contributed by atoms with van der Waals surface area (Å²) in [7, 11) is 5.89. The van der Waals surface area contributed by atoms with Gasteiger partial charge in [-0.05, 0) is 77.0 Å². The fraction of sp³-hybridized carbons (Fsp3) is 0.667. The average molecular weight is 922 g/mol. The highest BCUT2D eigenvalue weighted by atomic mass is 16.7. The second-order valence-corrected chi connectivity index (χ2v) is 18.1. The van der Waals surface area contributed by atoms with Crippen LogP contribution in [0, 0.1) is 0 Å². The summed E-state index contributed by atoms with van der Waals surface area (Å²) in [6, 6.07) is 0. The smallest absolute Gasteiger partial charge is 0.306 e. The molecule has 66 heavy (non-hydrogen) atoms. The number of likely N-dealkylation sites (N-methyl/N-ethyl adjacent to an activating group) is 1. The first-order chi connectivity index (χ1) is 32.1. The summed E-state index contributed by atoms with van der Waals surface area (Å²) < 4.78 is 22.4. The van der Waals surface area contributed by atoms with Gasteiger partial charge in [-0.3, -0.25) is 9.59 Å². The summed E-state index contributed by atoms with van der Waals surface area (Å²) in [5, 5.41) is 11.7. The Labute approximate surface area is 403 Å². The highest BCUT2D eigenvalue weighted by Gasteiger charge is 2.21. The lowest BCUT2D eigenvalue weighted by Crippen LogP contribution is -2.44. The number of carboxylic acids is 1. The van der Waals surface area contributed by atoms with Crippen LogP contribution in [0.1, 0.15) is 187 Å². The van der Waals surface area contributed by atoms with Gasteiger partial charge in [-0.1, -0.05) is 195 Å². The lowest BCUT2D eigenvalue weighted by atomic mass is 10.0. The number of aliphatic carboxylic acids is 1. The SMILES string of the molecule is CC/C=C\C/C=C\C/C=C\C/C=C\C/C=C\C/C=C\C/C=C\C/C=C\CCCCCCCCCCCCC(=O)OC(COC(=O)CCCCCCCC)COC(OCC[N+](C)(C)C)C(=O)[O-]. The van der Waals surface area contributed by atoms with E-state index >= 15 is 0 Å². The van der Waals surface area contributed by atoms with Gasteiger partial charge < -0.3 is 33.3 Å². The predicted molar refractivity (Wildman–Crippen MR) is 274 cm³/mol. The molecular formula is C57H95NO8. The number of hydrogen-bond donors (Lipinski definition) is 0. The molecule has 0 saturated carbocycles. The zero-order valence-corrected chi connectivity index (χ0v) is 42.5. The van der Waals surface area contributed by atoms with Crippen LogP contribution in [0.3, 0.4) is 0 Å². The Morgan fingerprint density at radius 3 is 1.29 bits per heavy atom. The Kier molecular flexibility index (Phi) is 45.0. The van der Waals surface area contributed by atoms with Crippen LogP contribution < -0.4 is 5.11 Å². The average Bonchev–Trinajstić information content (AvgIpc) is 3.28. The van der Waals surface area contributed by atoms with Gasteiger partial charge >= 0.3 is 11.9 Å². The van der Waals surface area contributed by atoms with Crippen LogP contribution >= 0.6 is 0 Å². The molecule has 376 valence electrons. The second-order valence-electron chi connectivity index (χ2n) is 18.1. The maximum absolute atomic E-state index is 12.7. The fourth-order valence-corrected chi connectivity index (χ4v) is 6.61. The molecule has 0 rings (SSSR count). The molecule has 0 aliphatic heterocycles. The van der Waals surface area contributed by atoms with E-state index in [1.807, 2.05) is 21.1 Å². The third kappa shape index (κ3) is 48.2. The largest absolute Gasteiger partial charge is 0.545 e. The van der Waals surface area contributed by atoms with Crippen LogP contribution in [0.2, 0.25) is 0 Å². The van der Waals surface area contributed by atoms with Gasteiger partial charge in [-0.25, -0.2) is 0 Å². The van der Waals surface area contributed by atoms with Crippen LogP contribution in [0.25, 0.3) is 0 Å². The van der Waals surface area contributed by atoms with Crippen molar-refractivity contribution in [3.63, 3.8) is 0 Å². The van der Waals surface area contributed by atoms with E-state index in [0.29, 0.717) is 17.4 Å². The molecule has 0 aliphatic rings. The molecule has 0 saturated heterocycles. The Morgan fingerprint density at radius 2 is 0.864 bits per heavy atom. The minimum atomic E-state index is -1.62. The predicted octanol–water partition coefficient (Wildman–Crippen LogP) is 13.3. The molecule has 0 bridgehead atoms. The summed E-state index contributed by atoms with van der Waals surface area (Å²) in [6.07, 6.45) is 60.7. The van der Waals surface area contributed by atoms with Crippen molar-refractivity contribution in [2.75, 3.05) is 47.5 Å². The number of hydrogen-bond acceptors (Lipinski definition) is 8. The van der Waals surface area contributed by atoms with E-state index in [2.05, 4.69) is 111 Å². The molecule has 0 fully saturated rings. The topological polar surface area (TPSA) is 111 Å². The molecule has 0 aromatic carbocycles. The number of rotatable bonds is 46. The molecule has 0 aliphatic carbocycles. The lowest BCUT2D eigenvalue weighted by Gasteiger charge is -2.26. The van der Waals surface area contributed by atoms with Crippen molar-refractivity contribution in [2.24, 2.45) is 0 Å². The van der Waals surface area contributed by atoms with Crippen molar-refractivity contribution in [3.05, 3.63) is 97.2 Å². The van der Waals surface area contributed by atoms with Crippen LogP contribution in [-0.2, 0) is 33.3 Å². The number of carboxylic acid groups (broad SMARTS) is 1. The quantitative estimate of drug-likeness (QED) is 0.0195. The van der Waals surface area contributed by atoms with Gasteiger partial charge in [0.25, 0.3) is 0 Å². The standard InChI is InChI=1S/C57H95NO8/c1-6-8-10-12-14-15-16-17-18-19-20-21-22-23-24-25-26-27-28-29-30-31-32-33-34-35-36-37-38-39-40-41-42-44-46-48-55(60)66-53(51-64-54(59)47-45-43-13-11-9-7-2)52-65-57(56(61)62)63-50-49-58(3,4)5/h8,10,14-15,17-18,20-21,23-24,26-27,29-30,32-33,53,57H,6-7,9,11-13,16,19,22,25,28,31,34-52H2,1-5H3/b10-8-,15-14-,18-17-,21-20-,24-23-,27-26-,30-29-,33-32-. The molecule has 9 nitrogen and oxygen atoms in total. The molecule has 9 heteroatoms. The molecule has 2 unspecified atom stereocenters. The van der Waals surface area contributed by atoms with E-state index in [0.717, 1.165) is 109 Å². The van der Waals surface area contributed by atoms with E-state index in [1.165, 1.54) is 44.9 Å². The summed E-state index contributed by atoms with van der Waals surface area (Å²) in [4.78, 5) is 36.8. The summed E-state index contributed by atoms with van der Waals surface area (Å²) in [5.74, 6) is -2.31. The molecule has 0 spiro atoms. The first kappa shape index (κ1) is 62.2. The Balaban J connectivity index is 4.07. The first-order valence-corrected chi connectivity index (χ1v) is 25.9. The minimum Gasteiger partial charge on any atom is -0.545 e. The van der Waals surface area contributed by atoms with Crippen molar-refractivity contribution in [2.45, 2.75) is 200 Å². The van der Waals surface area contributed by atoms with Gasteiger partial charge in [-0.15, -0.1) is 0 Å². The second kappa shape index (κ2) is 47.7. The van der Waals surface area contributed by atoms with Crippen molar-refractivity contribution in [1.82, 2.24) is 0 Å². The zero-order chi connectivity index (χ0) is 48.4. The summed E-state index contributed by atoms with van der Waals surface area (Å²) >= 11 is 0. The highest BCUT2D eigenvalue weighted by molar-refractivity contribution is 5.70. The van der Waals surface area contributed by atoms with Crippen molar-refractivity contribution in [1.29, 1.82) is 0 Å². The van der Waals surface area contributed by atoms with Gasteiger partial charge in [0.1, 0.15) is 13.2 Å². The number of unbranched alkanes of at least 4 members (excludes halogenated alkanes) is 15. The van der Waals surface area contributed by atoms with E-state index in [4.69, 9.17) is 18.9 Å². The maximum Gasteiger partial charge on any atom is 0.306 e. The van der Waals surface area contributed by atoms with Gasteiger partial charge in [0.15, 0.2) is 12.4 Å². The minimum absolute atomic E-state index is 0.143. The number of carbonyl (C=O) groups excluding carboxylic acids is 3. The lowest BCUT2D eigenvalue weighted by molar-refractivity contribution is -0.870. The van der Waals surface area contributed by atoms with Crippen molar-refractivity contribution in [3.8, 4) is 0 Å². The number of quaternary nitrogens is 1. The maximum atomic E-state index is 12.7. The fourth-order valence-electron chi connectivity index (χ4n) is 6.61. The summed E-state index contributed by atoms with van der Waals surface area (Å²) in [6.45, 7) is 4.53. The number of carbonyl (C=O) groups is 3. The number of ether oxygens (including phenoxy) is 4. The van der Waals surface area contributed by atoms with Crippen LogP contribution in [0.15, 0.2) is 97.2 Å². The number of esters is 2. The Hall–Kier alpha value is -3.79. The van der Waals surface area contributed by atoms with Crippen LogP contribution in [0.4, 0.5) is 0 Å². The molecule has 0 amide bonds. The van der Waals surface area contributed by atoms with Crippen LogP contribution in [0.5, 0.6) is 0 Å². The molecule has 2 atom stereocenters. The van der Waals surface area contributed by atoms with E-state index in [1.54, 1.807) is 0 Å². The molecular weight excluding hydrogens is 827 g/mol. The molecule has 0 N–H and O–H groups in total. The summed E-state index contributed by atoms with van der Waals surface area (Å²) in [5.41, 5.74) is 0. The van der Waals surface area contributed by atoms with Crippen molar-refractivity contribution < 1.29 is 42.9 Å². The monoisotopic (exact) mass is 922 g/mol. The van der Waals surface area contributed by atoms with E-state index < -0.39 is 24.3 Å². The third-order valence-electron chi connectivity index (χ3n) is 10.6. The van der Waals surface area contributed by atoms with Gasteiger partial charge in [0, 0.05) is 12.8 Å². The van der Waals surface area contributed by atoms with Gasteiger partial charge in [0.05, 0.1) is 40.3 Å². The molecule has 0 aromatic heterocycles. The van der Waals surface area contributed by atoms with E-state index in [-0.39, 0.29) is 38.6 Å². The Bertz CT molecular complexity index is 1400. The highest BCUT2D eigenvalue weighted by Crippen LogP contribution is 2.14. The number of allylic oxidation sites excluding steroid dienone is 16. The first-order valence-electron chi connectivity index (χ1n) is 25.9.